The van der Waals surface area contributed by atoms with E-state index in [9.17, 15) is 4.79 Å². The van der Waals surface area contributed by atoms with Gasteiger partial charge in [-0.15, -0.1) is 0 Å². The number of anilines is 2. The third kappa shape index (κ3) is 2.98. The molecule has 0 heterocycles. The summed E-state index contributed by atoms with van der Waals surface area (Å²) in [7, 11) is 0. The van der Waals surface area contributed by atoms with Crippen LogP contribution in [0.1, 0.15) is 25.8 Å². The van der Waals surface area contributed by atoms with E-state index >= 15 is 0 Å². The summed E-state index contributed by atoms with van der Waals surface area (Å²) in [6.07, 6.45) is 0.831. The molecule has 0 radical (unpaired) electrons. The second-order valence-corrected chi connectivity index (χ2v) is 3.89. The van der Waals surface area contributed by atoms with Crippen molar-refractivity contribution in [2.75, 3.05) is 11.1 Å². The second-order valence-electron chi connectivity index (χ2n) is 3.89. The normalized spacial score (nSPS) is 12.2. The van der Waals surface area contributed by atoms with Gasteiger partial charge in [0.25, 0.3) is 0 Å². The fraction of sp³-hybridized carbons (Fsp3) is 0.417. The first kappa shape index (κ1) is 11.6. The summed E-state index contributed by atoms with van der Waals surface area (Å²) in [5.41, 5.74) is 8.21. The number of nitrogens with one attached hydrogen (secondary N) is 1. The van der Waals surface area contributed by atoms with Crippen molar-refractivity contribution in [3.63, 3.8) is 0 Å². The first-order valence-electron chi connectivity index (χ1n) is 5.21. The molecule has 1 amide bonds. The van der Waals surface area contributed by atoms with E-state index in [1.54, 1.807) is 0 Å². The number of amides is 1. The third-order valence-electron chi connectivity index (χ3n) is 2.52. The van der Waals surface area contributed by atoms with Gasteiger partial charge in [-0.3, -0.25) is 4.79 Å². The zero-order chi connectivity index (χ0) is 11.4. The van der Waals surface area contributed by atoms with E-state index in [2.05, 4.69) is 5.32 Å². The van der Waals surface area contributed by atoms with E-state index in [1.165, 1.54) is 0 Å². The molecule has 15 heavy (non-hydrogen) atoms. The van der Waals surface area contributed by atoms with Crippen LogP contribution in [0, 0.1) is 12.8 Å². The molecular formula is C12H18N2O. The molecule has 1 unspecified atom stereocenters. The minimum absolute atomic E-state index is 0.0192. The van der Waals surface area contributed by atoms with Crippen molar-refractivity contribution in [1.29, 1.82) is 0 Å². The van der Waals surface area contributed by atoms with Crippen molar-refractivity contribution in [3.8, 4) is 0 Å². The Hall–Kier alpha value is -1.51. The fourth-order valence-electron chi connectivity index (χ4n) is 1.24. The Bertz CT molecular complexity index is 361. The lowest BCUT2D eigenvalue weighted by molar-refractivity contribution is -0.119. The molecule has 1 aromatic carbocycles. The highest BCUT2D eigenvalue weighted by Crippen LogP contribution is 2.20. The van der Waals surface area contributed by atoms with Gasteiger partial charge in [-0.1, -0.05) is 19.9 Å². The molecule has 1 rings (SSSR count). The molecule has 0 aliphatic rings. The Balaban J connectivity index is 2.77. The Morgan fingerprint density at radius 3 is 2.73 bits per heavy atom. The minimum Gasteiger partial charge on any atom is -0.397 e. The van der Waals surface area contributed by atoms with Gasteiger partial charge in [0.2, 0.25) is 5.91 Å². The number of hydrogen-bond donors (Lipinski definition) is 2. The van der Waals surface area contributed by atoms with Crippen LogP contribution in [0.4, 0.5) is 11.4 Å². The number of benzene rings is 1. The Morgan fingerprint density at radius 2 is 2.20 bits per heavy atom. The minimum atomic E-state index is 0.0192. The van der Waals surface area contributed by atoms with Gasteiger partial charge in [0, 0.05) is 5.92 Å². The largest absolute Gasteiger partial charge is 0.397 e. The Labute approximate surface area is 90.7 Å². The lowest BCUT2D eigenvalue weighted by Crippen LogP contribution is -2.20. The first-order chi connectivity index (χ1) is 7.04. The third-order valence-corrected chi connectivity index (χ3v) is 2.52. The smallest absolute Gasteiger partial charge is 0.227 e. The summed E-state index contributed by atoms with van der Waals surface area (Å²) in [4.78, 5) is 11.6. The molecule has 0 saturated carbocycles. The van der Waals surface area contributed by atoms with Crippen LogP contribution in [0.2, 0.25) is 0 Å². The summed E-state index contributed by atoms with van der Waals surface area (Å²) < 4.78 is 0. The maximum Gasteiger partial charge on any atom is 0.227 e. The van der Waals surface area contributed by atoms with Crippen molar-refractivity contribution >= 4 is 17.3 Å². The SMILES string of the molecule is CCC(C)C(=O)Nc1ccc(C)cc1N. The van der Waals surface area contributed by atoms with Gasteiger partial charge >= 0.3 is 0 Å². The van der Waals surface area contributed by atoms with Gasteiger partial charge in [-0.05, 0) is 31.0 Å². The van der Waals surface area contributed by atoms with E-state index in [-0.39, 0.29) is 11.8 Å². The summed E-state index contributed by atoms with van der Waals surface area (Å²) in [6, 6.07) is 5.62. The maximum absolute atomic E-state index is 11.6. The van der Waals surface area contributed by atoms with Crippen LogP contribution in [-0.4, -0.2) is 5.91 Å². The van der Waals surface area contributed by atoms with Gasteiger partial charge in [-0.2, -0.15) is 0 Å². The number of rotatable bonds is 3. The highest BCUT2D eigenvalue weighted by atomic mass is 16.1. The Morgan fingerprint density at radius 1 is 1.53 bits per heavy atom. The van der Waals surface area contributed by atoms with Crippen LogP contribution in [0.15, 0.2) is 18.2 Å². The standard InChI is InChI=1S/C12H18N2O/c1-4-9(3)12(15)14-11-6-5-8(2)7-10(11)13/h5-7,9H,4,13H2,1-3H3,(H,14,15). The van der Waals surface area contributed by atoms with Gasteiger partial charge in [-0.25, -0.2) is 0 Å². The van der Waals surface area contributed by atoms with Crippen molar-refractivity contribution in [2.45, 2.75) is 27.2 Å². The van der Waals surface area contributed by atoms with E-state index in [1.807, 2.05) is 39.0 Å². The molecule has 3 heteroatoms. The molecule has 82 valence electrons. The van der Waals surface area contributed by atoms with E-state index in [4.69, 9.17) is 5.73 Å². The predicted molar refractivity (Wildman–Crippen MR) is 63.7 cm³/mol. The molecule has 3 N–H and O–H groups in total. The monoisotopic (exact) mass is 206 g/mol. The molecule has 0 aromatic heterocycles. The summed E-state index contributed by atoms with van der Waals surface area (Å²) in [5, 5.41) is 2.82. The van der Waals surface area contributed by atoms with Gasteiger partial charge in [0.1, 0.15) is 0 Å². The lowest BCUT2D eigenvalue weighted by atomic mass is 10.1. The lowest BCUT2D eigenvalue weighted by Gasteiger charge is -2.12. The molecule has 0 bridgehead atoms. The van der Waals surface area contributed by atoms with E-state index in [0.717, 1.165) is 12.0 Å². The number of aryl methyl sites for hydroxylation is 1. The Kier molecular flexibility index (Phi) is 3.72. The van der Waals surface area contributed by atoms with Gasteiger partial charge in [0.15, 0.2) is 0 Å². The molecule has 0 spiro atoms. The molecule has 0 aliphatic carbocycles. The average molecular weight is 206 g/mol. The van der Waals surface area contributed by atoms with Gasteiger partial charge < -0.3 is 11.1 Å². The van der Waals surface area contributed by atoms with Crippen LogP contribution in [0.5, 0.6) is 0 Å². The predicted octanol–water partition coefficient (Wildman–Crippen LogP) is 2.56. The molecular weight excluding hydrogens is 188 g/mol. The molecule has 3 nitrogen and oxygen atoms in total. The van der Waals surface area contributed by atoms with Crippen LogP contribution < -0.4 is 11.1 Å². The molecule has 0 fully saturated rings. The van der Waals surface area contributed by atoms with Crippen molar-refractivity contribution in [3.05, 3.63) is 23.8 Å². The topological polar surface area (TPSA) is 55.1 Å². The van der Waals surface area contributed by atoms with Crippen molar-refractivity contribution in [2.24, 2.45) is 5.92 Å². The van der Waals surface area contributed by atoms with Crippen LogP contribution in [-0.2, 0) is 4.79 Å². The van der Waals surface area contributed by atoms with Crippen molar-refractivity contribution in [1.82, 2.24) is 0 Å². The summed E-state index contributed by atoms with van der Waals surface area (Å²) in [6.45, 7) is 5.86. The molecule has 1 aromatic rings. The van der Waals surface area contributed by atoms with E-state index in [0.29, 0.717) is 11.4 Å². The maximum atomic E-state index is 11.6. The van der Waals surface area contributed by atoms with Crippen LogP contribution in [0.3, 0.4) is 0 Å². The number of nitrogen functional groups attached to an aromatic ring is 1. The summed E-state index contributed by atoms with van der Waals surface area (Å²) >= 11 is 0. The second kappa shape index (κ2) is 4.82. The van der Waals surface area contributed by atoms with Crippen molar-refractivity contribution < 1.29 is 4.79 Å². The summed E-state index contributed by atoms with van der Waals surface area (Å²) in [5.74, 6) is 0.0405. The zero-order valence-electron chi connectivity index (χ0n) is 9.50. The first-order valence-corrected chi connectivity index (χ1v) is 5.21. The average Bonchev–Trinajstić information content (AvgIpc) is 2.20. The number of carbonyl (C=O) groups excluding carboxylic acids is 1. The zero-order valence-corrected chi connectivity index (χ0v) is 9.50. The van der Waals surface area contributed by atoms with Crippen LogP contribution in [0.25, 0.3) is 0 Å². The number of nitrogens with two attached hydrogens (primary N) is 1. The van der Waals surface area contributed by atoms with E-state index < -0.39 is 0 Å². The number of hydrogen-bond acceptors (Lipinski definition) is 2. The molecule has 1 atom stereocenters. The fourth-order valence-corrected chi connectivity index (χ4v) is 1.24. The quantitative estimate of drug-likeness (QED) is 0.747. The van der Waals surface area contributed by atoms with Crippen LogP contribution >= 0.6 is 0 Å². The highest BCUT2D eigenvalue weighted by Gasteiger charge is 2.11. The highest BCUT2D eigenvalue weighted by molar-refractivity contribution is 5.95. The molecule has 0 aliphatic heterocycles. The molecule has 0 saturated heterocycles. The number of carbonyl (C=O) groups is 1. The van der Waals surface area contributed by atoms with Gasteiger partial charge in [0.05, 0.1) is 11.4 Å².